The lowest BCUT2D eigenvalue weighted by Gasteiger charge is -2.15. The molecule has 2 N–H and O–H groups in total. The monoisotopic (exact) mass is 408 g/mol. The smallest absolute Gasteiger partial charge is 0.324 e. The molecule has 0 saturated carbocycles. The maximum Gasteiger partial charge on any atom is 0.325 e. The van der Waals surface area contributed by atoms with Crippen molar-refractivity contribution < 1.29 is 23.2 Å². The van der Waals surface area contributed by atoms with Crippen LogP contribution in [0.25, 0.3) is 11.3 Å². The number of carbonyl (C=O) groups is 3. The number of benzene rings is 1. The van der Waals surface area contributed by atoms with Crippen LogP contribution in [0.1, 0.15) is 26.7 Å². The first-order valence-electron chi connectivity index (χ1n) is 8.52. The van der Waals surface area contributed by atoms with E-state index in [4.69, 9.17) is 0 Å². The highest BCUT2D eigenvalue weighted by atomic mass is 32.1. The van der Waals surface area contributed by atoms with E-state index in [0.29, 0.717) is 22.8 Å². The molecule has 0 atom stereocenters. The SMILES string of the molecule is CC1(C)NC(=O)N(CCCC(=O)Nc2nc(-c3ccc(F)c(F)c3)cs2)C1=O. The van der Waals surface area contributed by atoms with E-state index in [2.05, 4.69) is 15.6 Å². The second kappa shape index (κ2) is 7.63. The van der Waals surface area contributed by atoms with Crippen LogP contribution in [0.3, 0.4) is 0 Å². The fourth-order valence-corrected chi connectivity index (χ4v) is 3.46. The summed E-state index contributed by atoms with van der Waals surface area (Å²) in [5.41, 5.74) is -0.117. The van der Waals surface area contributed by atoms with Crippen LogP contribution in [0.2, 0.25) is 0 Å². The number of carbonyl (C=O) groups excluding carboxylic acids is 3. The number of anilines is 1. The summed E-state index contributed by atoms with van der Waals surface area (Å²) >= 11 is 1.15. The summed E-state index contributed by atoms with van der Waals surface area (Å²) in [6, 6.07) is 2.99. The molecule has 3 rings (SSSR count). The Bertz CT molecular complexity index is 945. The lowest BCUT2D eigenvalue weighted by atomic mass is 10.1. The number of hydrogen-bond acceptors (Lipinski definition) is 5. The molecule has 0 bridgehead atoms. The molecule has 1 aromatic heterocycles. The average molecular weight is 408 g/mol. The van der Waals surface area contributed by atoms with Gasteiger partial charge in [0.05, 0.1) is 5.69 Å². The van der Waals surface area contributed by atoms with Crippen molar-refractivity contribution in [3.05, 3.63) is 35.2 Å². The Morgan fingerprint density at radius 1 is 1.29 bits per heavy atom. The fraction of sp³-hybridized carbons (Fsp3) is 0.333. The summed E-state index contributed by atoms with van der Waals surface area (Å²) in [5, 5.41) is 7.14. The predicted molar refractivity (Wildman–Crippen MR) is 99.7 cm³/mol. The predicted octanol–water partition coefficient (Wildman–Crippen LogP) is 3.14. The maximum absolute atomic E-state index is 13.3. The quantitative estimate of drug-likeness (QED) is 0.719. The van der Waals surface area contributed by atoms with Gasteiger partial charge in [0, 0.05) is 23.9 Å². The van der Waals surface area contributed by atoms with Crippen molar-refractivity contribution in [1.29, 1.82) is 0 Å². The zero-order valence-corrected chi connectivity index (χ0v) is 16.0. The van der Waals surface area contributed by atoms with Crippen LogP contribution in [0.5, 0.6) is 0 Å². The number of urea groups is 1. The van der Waals surface area contributed by atoms with Gasteiger partial charge in [-0.1, -0.05) is 0 Å². The summed E-state index contributed by atoms with van der Waals surface area (Å²) < 4.78 is 26.3. The van der Waals surface area contributed by atoms with Crippen molar-refractivity contribution in [2.45, 2.75) is 32.2 Å². The third-order valence-electron chi connectivity index (χ3n) is 4.20. The van der Waals surface area contributed by atoms with Crippen molar-refractivity contribution in [3.8, 4) is 11.3 Å². The van der Waals surface area contributed by atoms with E-state index in [1.807, 2.05) is 0 Å². The summed E-state index contributed by atoms with van der Waals surface area (Å²) in [5.74, 6) is -2.56. The first kappa shape index (κ1) is 19.9. The van der Waals surface area contributed by atoms with Gasteiger partial charge < -0.3 is 10.6 Å². The second-order valence-corrected chi connectivity index (χ2v) is 7.69. The van der Waals surface area contributed by atoms with Crippen LogP contribution in [0.4, 0.5) is 18.7 Å². The molecule has 1 saturated heterocycles. The number of halogens is 2. The largest absolute Gasteiger partial charge is 0.325 e. The number of imide groups is 1. The van der Waals surface area contributed by atoms with E-state index >= 15 is 0 Å². The third kappa shape index (κ3) is 4.16. The van der Waals surface area contributed by atoms with Crippen LogP contribution in [-0.2, 0) is 9.59 Å². The lowest BCUT2D eigenvalue weighted by Crippen LogP contribution is -2.40. The summed E-state index contributed by atoms with van der Waals surface area (Å²) in [7, 11) is 0. The van der Waals surface area contributed by atoms with Crippen LogP contribution in [0.15, 0.2) is 23.6 Å². The Labute approximate surface area is 163 Å². The summed E-state index contributed by atoms with van der Waals surface area (Å²) in [6.45, 7) is 3.37. The fourth-order valence-electron chi connectivity index (χ4n) is 2.72. The molecule has 1 aromatic carbocycles. The van der Waals surface area contributed by atoms with Gasteiger partial charge in [0.1, 0.15) is 5.54 Å². The highest BCUT2D eigenvalue weighted by molar-refractivity contribution is 7.14. The normalized spacial score (nSPS) is 15.6. The van der Waals surface area contributed by atoms with E-state index in [9.17, 15) is 23.2 Å². The Morgan fingerprint density at radius 3 is 2.68 bits per heavy atom. The Morgan fingerprint density at radius 2 is 2.04 bits per heavy atom. The van der Waals surface area contributed by atoms with Crippen molar-refractivity contribution >= 4 is 34.3 Å². The van der Waals surface area contributed by atoms with E-state index in [1.165, 1.54) is 6.07 Å². The first-order chi connectivity index (χ1) is 13.2. The number of amides is 4. The lowest BCUT2D eigenvalue weighted by molar-refractivity contribution is -0.130. The zero-order chi connectivity index (χ0) is 20.5. The highest BCUT2D eigenvalue weighted by Crippen LogP contribution is 2.26. The average Bonchev–Trinajstić information content (AvgIpc) is 3.15. The van der Waals surface area contributed by atoms with Gasteiger partial charge in [-0.2, -0.15) is 0 Å². The first-order valence-corrected chi connectivity index (χ1v) is 9.40. The molecule has 0 radical (unpaired) electrons. The molecular weight excluding hydrogens is 390 g/mol. The summed E-state index contributed by atoms with van der Waals surface area (Å²) in [6.07, 6.45) is 0.403. The number of nitrogens with zero attached hydrogens (tertiary/aromatic N) is 2. The van der Waals surface area contributed by atoms with Gasteiger partial charge >= 0.3 is 6.03 Å². The molecule has 1 aliphatic rings. The number of aromatic nitrogens is 1. The molecule has 0 spiro atoms. The van der Waals surface area contributed by atoms with Gasteiger partial charge in [-0.3, -0.25) is 14.5 Å². The van der Waals surface area contributed by atoms with Gasteiger partial charge in [0.25, 0.3) is 5.91 Å². The molecular formula is C18H18F2N4O3S. The standard InChI is InChI=1S/C18H18F2N4O3S/c1-18(2)15(26)24(17(27)23-18)7-3-4-14(25)22-16-21-13(9-28-16)10-5-6-11(19)12(20)8-10/h5-6,8-9H,3-4,7H2,1-2H3,(H,23,27)(H,21,22,25). The summed E-state index contributed by atoms with van der Waals surface area (Å²) in [4.78, 5) is 41.2. The number of rotatable bonds is 6. The number of nitrogens with one attached hydrogen (secondary N) is 2. The van der Waals surface area contributed by atoms with E-state index in [1.54, 1.807) is 19.2 Å². The van der Waals surface area contributed by atoms with Gasteiger partial charge in [0.15, 0.2) is 16.8 Å². The van der Waals surface area contributed by atoms with Crippen LogP contribution < -0.4 is 10.6 Å². The van der Waals surface area contributed by atoms with Crippen molar-refractivity contribution in [3.63, 3.8) is 0 Å². The van der Waals surface area contributed by atoms with Crippen LogP contribution >= 0.6 is 11.3 Å². The molecule has 1 fully saturated rings. The Balaban J connectivity index is 1.52. The topological polar surface area (TPSA) is 91.4 Å². The molecule has 28 heavy (non-hydrogen) atoms. The van der Waals surface area contributed by atoms with Gasteiger partial charge in [0.2, 0.25) is 5.91 Å². The Hall–Kier alpha value is -2.88. The highest BCUT2D eigenvalue weighted by Gasteiger charge is 2.43. The third-order valence-corrected chi connectivity index (χ3v) is 4.95. The van der Waals surface area contributed by atoms with E-state index < -0.39 is 23.2 Å². The second-order valence-electron chi connectivity index (χ2n) is 6.83. The van der Waals surface area contributed by atoms with Gasteiger partial charge in [-0.15, -0.1) is 11.3 Å². The van der Waals surface area contributed by atoms with Crippen LogP contribution in [-0.4, -0.2) is 39.8 Å². The number of thiazole rings is 1. The molecule has 4 amide bonds. The molecule has 0 aliphatic carbocycles. The maximum atomic E-state index is 13.3. The molecule has 0 unspecified atom stereocenters. The minimum Gasteiger partial charge on any atom is -0.324 e. The molecule has 2 aromatic rings. The molecule has 2 heterocycles. The van der Waals surface area contributed by atoms with E-state index in [0.717, 1.165) is 28.4 Å². The zero-order valence-electron chi connectivity index (χ0n) is 15.2. The van der Waals surface area contributed by atoms with Crippen molar-refractivity contribution in [2.75, 3.05) is 11.9 Å². The molecule has 148 valence electrons. The van der Waals surface area contributed by atoms with Gasteiger partial charge in [-0.25, -0.2) is 18.6 Å². The molecule has 10 heteroatoms. The van der Waals surface area contributed by atoms with Crippen LogP contribution in [0, 0.1) is 11.6 Å². The van der Waals surface area contributed by atoms with Crippen molar-refractivity contribution in [1.82, 2.24) is 15.2 Å². The Kier molecular flexibility index (Phi) is 5.41. The minimum absolute atomic E-state index is 0.0948. The number of hydrogen-bond donors (Lipinski definition) is 2. The molecule has 7 nitrogen and oxygen atoms in total. The van der Waals surface area contributed by atoms with Gasteiger partial charge in [-0.05, 0) is 38.5 Å². The van der Waals surface area contributed by atoms with E-state index in [-0.39, 0.29) is 24.8 Å². The minimum atomic E-state index is -0.972. The molecule has 1 aliphatic heterocycles. The van der Waals surface area contributed by atoms with Crippen molar-refractivity contribution in [2.24, 2.45) is 0 Å².